The molecule has 1 atom stereocenters. The molecule has 0 radical (unpaired) electrons. The van der Waals surface area contributed by atoms with Gasteiger partial charge in [0.25, 0.3) is 0 Å². The van der Waals surface area contributed by atoms with Crippen molar-refractivity contribution in [2.45, 2.75) is 12.3 Å². The third-order valence-electron chi connectivity index (χ3n) is 3.39. The summed E-state index contributed by atoms with van der Waals surface area (Å²) in [6.07, 6.45) is 0.378. The molecule has 2 aromatic rings. The molecule has 0 amide bonds. The molecule has 3 nitrogen and oxygen atoms in total. The first-order chi connectivity index (χ1) is 9.28. The van der Waals surface area contributed by atoms with Gasteiger partial charge < -0.3 is 9.47 Å². The minimum absolute atomic E-state index is 0.0587. The van der Waals surface area contributed by atoms with Crippen molar-refractivity contribution in [3.8, 4) is 11.5 Å². The van der Waals surface area contributed by atoms with Gasteiger partial charge >= 0.3 is 5.97 Å². The van der Waals surface area contributed by atoms with Crippen molar-refractivity contribution in [3.05, 3.63) is 59.7 Å². The molecule has 96 valence electrons. The summed E-state index contributed by atoms with van der Waals surface area (Å²) in [6.45, 7) is 0. The first kappa shape index (κ1) is 11.8. The molecule has 0 fully saturated rings. The molecular weight excluding hydrogens is 240 g/mol. The second kappa shape index (κ2) is 4.76. The Balaban J connectivity index is 2.07. The third kappa shape index (κ3) is 2.19. The van der Waals surface area contributed by atoms with Crippen LogP contribution in [-0.4, -0.2) is 13.1 Å². The Morgan fingerprint density at radius 3 is 2.68 bits per heavy atom. The molecule has 1 heterocycles. The van der Waals surface area contributed by atoms with Crippen molar-refractivity contribution in [2.75, 3.05) is 7.11 Å². The number of hydrogen-bond acceptors (Lipinski definition) is 3. The van der Waals surface area contributed by atoms with Crippen molar-refractivity contribution in [3.63, 3.8) is 0 Å². The van der Waals surface area contributed by atoms with Crippen LogP contribution in [0.2, 0.25) is 0 Å². The van der Waals surface area contributed by atoms with E-state index in [2.05, 4.69) is 0 Å². The summed E-state index contributed by atoms with van der Waals surface area (Å²) in [5.41, 5.74) is 2.16. The molecule has 3 heteroatoms. The summed E-state index contributed by atoms with van der Waals surface area (Å²) in [5.74, 6) is 1.16. The Hall–Kier alpha value is -2.29. The lowest BCUT2D eigenvalue weighted by atomic mass is 9.86. The number of fused-ring (bicyclic) bond motifs is 1. The van der Waals surface area contributed by atoms with Crippen molar-refractivity contribution in [1.82, 2.24) is 0 Å². The smallest absolute Gasteiger partial charge is 0.312 e. The maximum Gasteiger partial charge on any atom is 0.312 e. The van der Waals surface area contributed by atoms with Crippen LogP contribution in [0.25, 0.3) is 0 Å². The predicted molar refractivity (Wildman–Crippen MR) is 71.5 cm³/mol. The van der Waals surface area contributed by atoms with Crippen LogP contribution in [0.15, 0.2) is 48.5 Å². The van der Waals surface area contributed by atoms with Gasteiger partial charge in [-0.05, 0) is 11.6 Å². The first-order valence-corrected chi connectivity index (χ1v) is 6.21. The number of carbonyl (C=O) groups is 1. The fourth-order valence-electron chi connectivity index (χ4n) is 2.44. The lowest BCUT2D eigenvalue weighted by Gasteiger charge is -2.25. The van der Waals surface area contributed by atoms with Gasteiger partial charge in [-0.25, -0.2) is 0 Å². The van der Waals surface area contributed by atoms with Gasteiger partial charge in [0, 0.05) is 17.5 Å². The molecule has 0 unspecified atom stereocenters. The number of esters is 1. The zero-order valence-electron chi connectivity index (χ0n) is 10.6. The van der Waals surface area contributed by atoms with Gasteiger partial charge in [0.1, 0.15) is 11.5 Å². The largest absolute Gasteiger partial charge is 0.497 e. The molecule has 0 saturated heterocycles. The monoisotopic (exact) mass is 254 g/mol. The highest BCUT2D eigenvalue weighted by molar-refractivity contribution is 5.77. The highest BCUT2D eigenvalue weighted by Gasteiger charge is 2.28. The van der Waals surface area contributed by atoms with Crippen molar-refractivity contribution < 1.29 is 14.3 Å². The number of benzene rings is 2. The van der Waals surface area contributed by atoms with Crippen LogP contribution in [0.5, 0.6) is 11.5 Å². The fraction of sp³-hybridized carbons (Fsp3) is 0.188. The average Bonchev–Trinajstić information content (AvgIpc) is 2.46. The molecule has 0 saturated carbocycles. The average molecular weight is 254 g/mol. The third-order valence-corrected chi connectivity index (χ3v) is 3.39. The predicted octanol–water partition coefficient (Wildman–Crippen LogP) is 3.14. The molecular formula is C16H14O3. The van der Waals surface area contributed by atoms with Crippen molar-refractivity contribution in [2.24, 2.45) is 0 Å². The normalized spacial score (nSPS) is 17.5. The van der Waals surface area contributed by atoms with Gasteiger partial charge in [-0.1, -0.05) is 36.4 Å². The van der Waals surface area contributed by atoms with E-state index in [-0.39, 0.29) is 11.9 Å². The minimum Gasteiger partial charge on any atom is -0.497 e. The molecule has 1 aliphatic rings. The minimum atomic E-state index is -0.199. The zero-order valence-corrected chi connectivity index (χ0v) is 10.6. The van der Waals surface area contributed by atoms with Gasteiger partial charge in [-0.2, -0.15) is 0 Å². The molecule has 0 bridgehead atoms. The number of carbonyl (C=O) groups excluding carboxylic acids is 1. The molecule has 19 heavy (non-hydrogen) atoms. The zero-order chi connectivity index (χ0) is 13.2. The second-order valence-electron chi connectivity index (χ2n) is 4.55. The fourth-order valence-corrected chi connectivity index (χ4v) is 2.44. The summed E-state index contributed by atoms with van der Waals surface area (Å²) in [6, 6.07) is 15.7. The van der Waals surface area contributed by atoms with E-state index < -0.39 is 0 Å². The van der Waals surface area contributed by atoms with Gasteiger partial charge in [0.05, 0.1) is 13.5 Å². The number of hydrogen-bond donors (Lipinski definition) is 0. The highest BCUT2D eigenvalue weighted by atomic mass is 16.5. The Labute approximate surface area is 111 Å². The summed E-state index contributed by atoms with van der Waals surface area (Å²) < 4.78 is 10.5. The van der Waals surface area contributed by atoms with E-state index in [1.54, 1.807) is 13.2 Å². The van der Waals surface area contributed by atoms with Crippen LogP contribution < -0.4 is 9.47 Å². The molecule has 0 spiro atoms. The van der Waals surface area contributed by atoms with Crippen LogP contribution in [-0.2, 0) is 4.79 Å². The topological polar surface area (TPSA) is 35.5 Å². The number of methoxy groups -OCH3 is 1. The quantitative estimate of drug-likeness (QED) is 0.610. The molecule has 1 aliphatic heterocycles. The maximum atomic E-state index is 11.7. The Bertz CT molecular complexity index is 605. The number of ether oxygens (including phenoxy) is 2. The van der Waals surface area contributed by atoms with E-state index in [1.165, 1.54) is 0 Å². The summed E-state index contributed by atoms with van der Waals surface area (Å²) in [5, 5.41) is 0. The molecule has 2 aromatic carbocycles. The van der Waals surface area contributed by atoms with Gasteiger partial charge in [0.15, 0.2) is 0 Å². The summed E-state index contributed by atoms with van der Waals surface area (Å²) >= 11 is 0. The van der Waals surface area contributed by atoms with E-state index in [9.17, 15) is 4.79 Å². The van der Waals surface area contributed by atoms with E-state index in [0.29, 0.717) is 17.9 Å². The van der Waals surface area contributed by atoms with Crippen LogP contribution >= 0.6 is 0 Å². The Morgan fingerprint density at radius 2 is 1.95 bits per heavy atom. The number of rotatable bonds is 2. The first-order valence-electron chi connectivity index (χ1n) is 6.21. The highest BCUT2D eigenvalue weighted by Crippen LogP contribution is 2.40. The lowest BCUT2D eigenvalue weighted by molar-refractivity contribution is -0.135. The van der Waals surface area contributed by atoms with Crippen molar-refractivity contribution >= 4 is 5.97 Å². The summed E-state index contributed by atoms with van der Waals surface area (Å²) in [7, 11) is 1.60. The van der Waals surface area contributed by atoms with E-state index in [0.717, 1.165) is 11.1 Å². The van der Waals surface area contributed by atoms with E-state index in [1.807, 2.05) is 42.5 Å². The van der Waals surface area contributed by atoms with Gasteiger partial charge in [-0.3, -0.25) is 4.79 Å². The molecule has 0 aromatic heterocycles. The molecule has 0 N–H and O–H groups in total. The standard InChI is InChI=1S/C16H14O3/c1-18-12-7-8-13-14(11-5-3-2-4-6-11)10-16(17)19-15(13)9-12/h2-9,14H,10H2,1H3/t14-/m0/s1. The lowest BCUT2D eigenvalue weighted by Crippen LogP contribution is -2.20. The molecule has 3 rings (SSSR count). The van der Waals surface area contributed by atoms with Gasteiger partial charge in [0.2, 0.25) is 0 Å². The summed E-state index contributed by atoms with van der Waals surface area (Å²) in [4.78, 5) is 11.7. The van der Waals surface area contributed by atoms with Crippen molar-refractivity contribution in [1.29, 1.82) is 0 Å². The van der Waals surface area contributed by atoms with Crippen LogP contribution in [0.4, 0.5) is 0 Å². The Kier molecular flexibility index (Phi) is 2.95. The van der Waals surface area contributed by atoms with Crippen LogP contribution in [0, 0.1) is 0 Å². The van der Waals surface area contributed by atoms with E-state index in [4.69, 9.17) is 9.47 Å². The Morgan fingerprint density at radius 1 is 1.16 bits per heavy atom. The van der Waals surface area contributed by atoms with Crippen LogP contribution in [0.1, 0.15) is 23.5 Å². The van der Waals surface area contributed by atoms with E-state index >= 15 is 0 Å². The SMILES string of the molecule is COc1ccc2c(c1)OC(=O)C[C@H]2c1ccccc1. The second-order valence-corrected chi connectivity index (χ2v) is 4.55. The van der Waals surface area contributed by atoms with Gasteiger partial charge in [-0.15, -0.1) is 0 Å². The maximum absolute atomic E-state index is 11.7. The van der Waals surface area contributed by atoms with Crippen LogP contribution in [0.3, 0.4) is 0 Å². The molecule has 0 aliphatic carbocycles.